The molecule has 1 aromatic rings. The first-order valence-electron chi connectivity index (χ1n) is 6.57. The number of nitrogens with one attached hydrogen (secondary N) is 1. The van der Waals surface area contributed by atoms with Crippen molar-refractivity contribution in [2.45, 2.75) is 6.92 Å². The number of nitriles is 1. The van der Waals surface area contributed by atoms with Crippen LogP contribution in [0.5, 0.6) is 11.5 Å². The van der Waals surface area contributed by atoms with Gasteiger partial charge in [0.25, 0.3) is 5.91 Å². The molecule has 1 aromatic carbocycles. The standard InChI is InChI=1S/C15H17ClN2O4/c1-3-22-13-8-10(7-12(16)14(13)19)6-11(9-17)15(20)18-4-5-21-2/h6-8,19H,3-5H2,1-2H3,(H,18,20)/b11-6+. The van der Waals surface area contributed by atoms with Gasteiger partial charge in [0.15, 0.2) is 11.5 Å². The monoisotopic (exact) mass is 324 g/mol. The van der Waals surface area contributed by atoms with E-state index >= 15 is 0 Å². The van der Waals surface area contributed by atoms with Crippen molar-refractivity contribution in [3.63, 3.8) is 0 Å². The van der Waals surface area contributed by atoms with Crippen molar-refractivity contribution in [3.05, 3.63) is 28.3 Å². The maximum Gasteiger partial charge on any atom is 0.262 e. The predicted octanol–water partition coefficient (Wildman–Crippen LogP) is 2.11. The number of aromatic hydroxyl groups is 1. The zero-order valence-electron chi connectivity index (χ0n) is 12.4. The Labute approximate surface area is 133 Å². The fourth-order valence-corrected chi connectivity index (χ4v) is 1.84. The Balaban J connectivity index is 3.02. The number of hydrogen-bond donors (Lipinski definition) is 2. The summed E-state index contributed by atoms with van der Waals surface area (Å²) in [6.07, 6.45) is 1.37. The van der Waals surface area contributed by atoms with Crippen molar-refractivity contribution in [2.24, 2.45) is 0 Å². The third kappa shape index (κ3) is 4.95. The molecule has 0 aliphatic carbocycles. The van der Waals surface area contributed by atoms with E-state index in [0.29, 0.717) is 25.3 Å². The van der Waals surface area contributed by atoms with Crippen LogP contribution in [0.15, 0.2) is 17.7 Å². The highest BCUT2D eigenvalue weighted by Gasteiger charge is 2.12. The lowest BCUT2D eigenvalue weighted by atomic mass is 10.1. The summed E-state index contributed by atoms with van der Waals surface area (Å²) in [5.41, 5.74) is 0.394. The van der Waals surface area contributed by atoms with Gasteiger partial charge in [-0.1, -0.05) is 11.6 Å². The lowest BCUT2D eigenvalue weighted by molar-refractivity contribution is -0.117. The number of phenols is 1. The number of nitrogens with zero attached hydrogens (tertiary/aromatic N) is 1. The Hall–Kier alpha value is -2.23. The summed E-state index contributed by atoms with van der Waals surface area (Å²) in [5.74, 6) is -0.497. The van der Waals surface area contributed by atoms with Crippen molar-refractivity contribution in [1.82, 2.24) is 5.32 Å². The number of rotatable bonds is 7. The zero-order valence-corrected chi connectivity index (χ0v) is 13.1. The van der Waals surface area contributed by atoms with Gasteiger partial charge < -0.3 is 19.9 Å². The number of carbonyl (C=O) groups excluding carboxylic acids is 1. The second kappa shape index (κ2) is 8.93. The molecular weight excluding hydrogens is 308 g/mol. The molecule has 0 atom stereocenters. The third-order valence-electron chi connectivity index (χ3n) is 2.62. The van der Waals surface area contributed by atoms with Crippen LogP contribution in [-0.2, 0) is 9.53 Å². The molecule has 0 radical (unpaired) electrons. The number of phenolic OH excluding ortho intramolecular Hbond substituents is 1. The summed E-state index contributed by atoms with van der Waals surface area (Å²) in [5, 5.41) is 21.5. The highest BCUT2D eigenvalue weighted by Crippen LogP contribution is 2.35. The molecule has 0 unspecified atom stereocenters. The van der Waals surface area contributed by atoms with Gasteiger partial charge in [-0.05, 0) is 30.7 Å². The van der Waals surface area contributed by atoms with E-state index in [1.54, 1.807) is 6.92 Å². The Morgan fingerprint density at radius 2 is 2.27 bits per heavy atom. The summed E-state index contributed by atoms with van der Waals surface area (Å²) >= 11 is 5.90. The first kappa shape index (κ1) is 17.8. The van der Waals surface area contributed by atoms with Crippen LogP contribution in [0.1, 0.15) is 12.5 Å². The molecule has 0 fully saturated rings. The molecule has 1 rings (SSSR count). The van der Waals surface area contributed by atoms with Gasteiger partial charge in [0.05, 0.1) is 18.2 Å². The van der Waals surface area contributed by atoms with E-state index in [1.807, 2.05) is 6.07 Å². The van der Waals surface area contributed by atoms with Gasteiger partial charge in [-0.15, -0.1) is 0 Å². The largest absolute Gasteiger partial charge is 0.503 e. The Bertz CT molecular complexity index is 608. The van der Waals surface area contributed by atoms with Gasteiger partial charge in [-0.3, -0.25) is 4.79 Å². The highest BCUT2D eigenvalue weighted by molar-refractivity contribution is 6.32. The summed E-state index contributed by atoms with van der Waals surface area (Å²) in [6, 6.07) is 4.77. The molecule has 0 aliphatic rings. The number of amides is 1. The molecule has 1 amide bonds. The summed E-state index contributed by atoms with van der Waals surface area (Å²) in [6.45, 7) is 2.76. The molecule has 22 heavy (non-hydrogen) atoms. The minimum atomic E-state index is -0.512. The molecule has 0 saturated carbocycles. The molecule has 0 aliphatic heterocycles. The smallest absolute Gasteiger partial charge is 0.262 e. The maximum absolute atomic E-state index is 11.8. The van der Waals surface area contributed by atoms with Crippen molar-refractivity contribution >= 4 is 23.6 Å². The van der Waals surface area contributed by atoms with Crippen molar-refractivity contribution in [1.29, 1.82) is 5.26 Å². The van der Waals surface area contributed by atoms with Crippen molar-refractivity contribution in [2.75, 3.05) is 26.9 Å². The van der Waals surface area contributed by atoms with Crippen molar-refractivity contribution < 1.29 is 19.4 Å². The Kier molecular flexibility index (Phi) is 7.23. The van der Waals surface area contributed by atoms with Crippen LogP contribution >= 0.6 is 11.6 Å². The molecular formula is C15H17ClN2O4. The molecule has 0 heterocycles. The second-order valence-electron chi connectivity index (χ2n) is 4.20. The van der Waals surface area contributed by atoms with Gasteiger partial charge in [-0.25, -0.2) is 0 Å². The van der Waals surface area contributed by atoms with Gasteiger partial charge in [0.2, 0.25) is 0 Å². The number of carbonyl (C=O) groups is 1. The molecule has 0 spiro atoms. The van der Waals surface area contributed by atoms with E-state index in [-0.39, 0.29) is 22.1 Å². The fourth-order valence-electron chi connectivity index (χ4n) is 1.62. The summed E-state index contributed by atoms with van der Waals surface area (Å²) < 4.78 is 10.1. The minimum absolute atomic E-state index is 0.0780. The van der Waals surface area contributed by atoms with E-state index in [4.69, 9.17) is 26.3 Å². The van der Waals surface area contributed by atoms with Crippen LogP contribution in [0, 0.1) is 11.3 Å². The van der Waals surface area contributed by atoms with Crippen LogP contribution < -0.4 is 10.1 Å². The molecule has 2 N–H and O–H groups in total. The highest BCUT2D eigenvalue weighted by atomic mass is 35.5. The average molecular weight is 325 g/mol. The topological polar surface area (TPSA) is 91.6 Å². The van der Waals surface area contributed by atoms with E-state index in [9.17, 15) is 9.90 Å². The first-order chi connectivity index (χ1) is 10.5. The quantitative estimate of drug-likeness (QED) is 0.455. The summed E-state index contributed by atoms with van der Waals surface area (Å²) in [4.78, 5) is 11.8. The molecule has 0 aromatic heterocycles. The van der Waals surface area contributed by atoms with Crippen LogP contribution in [0.3, 0.4) is 0 Å². The lowest BCUT2D eigenvalue weighted by Crippen LogP contribution is -2.27. The number of benzene rings is 1. The molecule has 0 bridgehead atoms. The van der Waals surface area contributed by atoms with Gasteiger partial charge in [0, 0.05) is 13.7 Å². The summed E-state index contributed by atoms with van der Waals surface area (Å²) in [7, 11) is 1.51. The fraction of sp³-hybridized carbons (Fsp3) is 0.333. The normalized spacial score (nSPS) is 10.9. The van der Waals surface area contributed by atoms with Gasteiger partial charge in [-0.2, -0.15) is 5.26 Å². The SMILES string of the molecule is CCOc1cc(/C=C(\C#N)C(=O)NCCOC)cc(Cl)c1O. The predicted molar refractivity (Wildman–Crippen MR) is 82.8 cm³/mol. The number of ether oxygens (including phenoxy) is 2. The van der Waals surface area contributed by atoms with E-state index < -0.39 is 5.91 Å². The van der Waals surface area contributed by atoms with Crippen LogP contribution in [0.4, 0.5) is 0 Å². The van der Waals surface area contributed by atoms with Crippen LogP contribution in [0.2, 0.25) is 5.02 Å². The van der Waals surface area contributed by atoms with Crippen LogP contribution in [-0.4, -0.2) is 37.9 Å². The number of halogens is 1. The minimum Gasteiger partial charge on any atom is -0.503 e. The van der Waals surface area contributed by atoms with Crippen molar-refractivity contribution in [3.8, 4) is 17.6 Å². The Morgan fingerprint density at radius 3 is 2.86 bits per heavy atom. The third-order valence-corrected chi connectivity index (χ3v) is 2.91. The van der Waals surface area contributed by atoms with E-state index in [1.165, 1.54) is 25.3 Å². The first-order valence-corrected chi connectivity index (χ1v) is 6.95. The molecule has 6 nitrogen and oxygen atoms in total. The lowest BCUT2D eigenvalue weighted by Gasteiger charge is -2.09. The van der Waals surface area contributed by atoms with E-state index in [2.05, 4.69) is 5.32 Å². The second-order valence-corrected chi connectivity index (χ2v) is 4.61. The number of hydrogen-bond acceptors (Lipinski definition) is 5. The number of methoxy groups -OCH3 is 1. The molecule has 7 heteroatoms. The van der Waals surface area contributed by atoms with Gasteiger partial charge >= 0.3 is 0 Å². The Morgan fingerprint density at radius 1 is 1.55 bits per heavy atom. The zero-order chi connectivity index (χ0) is 16.5. The van der Waals surface area contributed by atoms with Crippen LogP contribution in [0.25, 0.3) is 6.08 Å². The van der Waals surface area contributed by atoms with Gasteiger partial charge in [0.1, 0.15) is 11.6 Å². The van der Waals surface area contributed by atoms with E-state index in [0.717, 1.165) is 0 Å². The maximum atomic E-state index is 11.8. The average Bonchev–Trinajstić information content (AvgIpc) is 2.50. The molecule has 118 valence electrons. The molecule has 0 saturated heterocycles.